The van der Waals surface area contributed by atoms with Crippen LogP contribution in [0.1, 0.15) is 35.1 Å². The highest BCUT2D eigenvalue weighted by Gasteiger charge is 2.31. The number of thioether (sulfide) groups is 1. The van der Waals surface area contributed by atoms with Crippen molar-refractivity contribution < 1.29 is 13.2 Å². The van der Waals surface area contributed by atoms with Gasteiger partial charge in [-0.05, 0) is 43.4 Å². The van der Waals surface area contributed by atoms with E-state index in [4.69, 9.17) is 0 Å². The van der Waals surface area contributed by atoms with Gasteiger partial charge in [-0.3, -0.25) is 4.79 Å². The van der Waals surface area contributed by atoms with Crippen molar-refractivity contribution in [3.63, 3.8) is 0 Å². The zero-order chi connectivity index (χ0) is 22.3. The van der Waals surface area contributed by atoms with E-state index in [1.807, 2.05) is 43.0 Å². The first kappa shape index (κ1) is 23.8. The van der Waals surface area contributed by atoms with Crippen LogP contribution in [0.2, 0.25) is 0 Å². The second kappa shape index (κ2) is 11.2. The highest BCUT2D eigenvalue weighted by Crippen LogP contribution is 2.23. The summed E-state index contributed by atoms with van der Waals surface area (Å²) in [7, 11) is -3.36. The third kappa shape index (κ3) is 7.09. The van der Waals surface area contributed by atoms with Gasteiger partial charge >= 0.3 is 0 Å². The van der Waals surface area contributed by atoms with Gasteiger partial charge in [0, 0.05) is 37.1 Å². The Morgan fingerprint density at radius 2 is 1.84 bits per heavy atom. The fraction of sp³-hybridized carbons (Fsp3) is 0.458. The van der Waals surface area contributed by atoms with E-state index >= 15 is 0 Å². The SMILES string of the molecule is Cc1cccc(CSCCNC(=O)C2CCN(S(=O)(=O)Cc3ccccc3C)CC2)c1. The Bertz CT molecular complexity index is 984. The molecule has 0 spiro atoms. The minimum atomic E-state index is -3.36. The van der Waals surface area contributed by atoms with Gasteiger partial charge < -0.3 is 5.32 Å². The summed E-state index contributed by atoms with van der Waals surface area (Å²) >= 11 is 1.81. The minimum Gasteiger partial charge on any atom is -0.355 e. The molecule has 0 bridgehead atoms. The van der Waals surface area contributed by atoms with Crippen LogP contribution in [0.15, 0.2) is 48.5 Å². The van der Waals surface area contributed by atoms with Crippen LogP contribution in [0.4, 0.5) is 0 Å². The molecule has 7 heteroatoms. The number of carbonyl (C=O) groups excluding carboxylic acids is 1. The number of sulfonamides is 1. The number of benzene rings is 2. The number of rotatable bonds is 9. The van der Waals surface area contributed by atoms with E-state index in [-0.39, 0.29) is 17.6 Å². The number of hydrogen-bond acceptors (Lipinski definition) is 4. The molecular formula is C24H32N2O3S2. The van der Waals surface area contributed by atoms with Gasteiger partial charge in [0.05, 0.1) is 5.75 Å². The third-order valence-corrected chi connectivity index (χ3v) is 8.57. The van der Waals surface area contributed by atoms with Gasteiger partial charge in [0.15, 0.2) is 0 Å². The smallest absolute Gasteiger partial charge is 0.223 e. The fourth-order valence-corrected chi connectivity index (χ4v) is 6.31. The number of piperidine rings is 1. The molecule has 1 aliphatic heterocycles. The van der Waals surface area contributed by atoms with Crippen molar-refractivity contribution >= 4 is 27.7 Å². The molecule has 0 unspecified atom stereocenters. The predicted molar refractivity (Wildman–Crippen MR) is 128 cm³/mol. The number of carbonyl (C=O) groups is 1. The summed E-state index contributed by atoms with van der Waals surface area (Å²) in [5, 5.41) is 3.02. The van der Waals surface area contributed by atoms with Crippen LogP contribution < -0.4 is 5.32 Å². The van der Waals surface area contributed by atoms with Crippen LogP contribution in [0.3, 0.4) is 0 Å². The van der Waals surface area contributed by atoms with Crippen LogP contribution in [0, 0.1) is 19.8 Å². The van der Waals surface area contributed by atoms with Gasteiger partial charge in [0.1, 0.15) is 0 Å². The summed E-state index contributed by atoms with van der Waals surface area (Å²) in [6.45, 7) is 5.48. The Morgan fingerprint density at radius 3 is 2.55 bits per heavy atom. The van der Waals surface area contributed by atoms with E-state index in [2.05, 4.69) is 36.5 Å². The van der Waals surface area contributed by atoms with Gasteiger partial charge in [0.2, 0.25) is 15.9 Å². The largest absolute Gasteiger partial charge is 0.355 e. The molecule has 1 N–H and O–H groups in total. The summed E-state index contributed by atoms with van der Waals surface area (Å²) in [6.07, 6.45) is 1.16. The molecule has 1 fully saturated rings. The molecule has 0 saturated carbocycles. The minimum absolute atomic E-state index is 0.0225. The second-order valence-electron chi connectivity index (χ2n) is 8.19. The zero-order valence-electron chi connectivity index (χ0n) is 18.3. The summed E-state index contributed by atoms with van der Waals surface area (Å²) in [5.74, 6) is 1.77. The topological polar surface area (TPSA) is 66.5 Å². The van der Waals surface area contributed by atoms with Crippen molar-refractivity contribution in [3.05, 3.63) is 70.8 Å². The zero-order valence-corrected chi connectivity index (χ0v) is 20.0. The molecule has 168 valence electrons. The average Bonchev–Trinajstić information content (AvgIpc) is 2.75. The maximum atomic E-state index is 12.8. The van der Waals surface area contributed by atoms with E-state index < -0.39 is 10.0 Å². The number of hydrogen-bond donors (Lipinski definition) is 1. The van der Waals surface area contributed by atoms with Crippen LogP contribution in [0.25, 0.3) is 0 Å². The van der Waals surface area contributed by atoms with E-state index in [1.54, 1.807) is 4.31 Å². The van der Waals surface area contributed by atoms with Crippen LogP contribution in [-0.4, -0.2) is 44.0 Å². The normalized spacial score (nSPS) is 15.7. The van der Waals surface area contributed by atoms with Gasteiger partial charge in [-0.15, -0.1) is 0 Å². The molecule has 3 rings (SSSR count). The highest BCUT2D eigenvalue weighted by molar-refractivity contribution is 7.98. The summed E-state index contributed by atoms with van der Waals surface area (Å²) in [5.41, 5.74) is 4.39. The van der Waals surface area contributed by atoms with Crippen molar-refractivity contribution in [1.82, 2.24) is 9.62 Å². The lowest BCUT2D eigenvalue weighted by Crippen LogP contribution is -2.43. The molecule has 0 radical (unpaired) electrons. The molecule has 1 aliphatic rings. The lowest BCUT2D eigenvalue weighted by Gasteiger charge is -2.30. The van der Waals surface area contributed by atoms with Gasteiger partial charge in [-0.1, -0.05) is 54.1 Å². The number of nitrogens with zero attached hydrogens (tertiary/aromatic N) is 1. The Morgan fingerprint density at radius 1 is 1.10 bits per heavy atom. The summed E-state index contributed by atoms with van der Waals surface area (Å²) < 4.78 is 27.1. The quantitative estimate of drug-likeness (QED) is 0.577. The molecule has 1 heterocycles. The Hall–Kier alpha value is -1.83. The van der Waals surface area contributed by atoms with Crippen LogP contribution in [-0.2, 0) is 26.3 Å². The van der Waals surface area contributed by atoms with Crippen molar-refractivity contribution in [3.8, 4) is 0 Å². The van der Waals surface area contributed by atoms with Crippen molar-refractivity contribution in [2.45, 2.75) is 38.2 Å². The second-order valence-corrected chi connectivity index (χ2v) is 11.3. The first-order valence-corrected chi connectivity index (χ1v) is 13.5. The molecule has 0 atom stereocenters. The standard InChI is InChI=1S/C24H32N2O3S2/c1-19-6-5-8-21(16-19)17-30-15-12-25-24(27)22-10-13-26(14-11-22)31(28,29)18-23-9-4-3-7-20(23)2/h3-9,16,22H,10-15,17-18H2,1-2H3,(H,25,27). The predicted octanol–water partition coefficient (Wildman–Crippen LogP) is 3.89. The van der Waals surface area contributed by atoms with Crippen molar-refractivity contribution in [2.24, 2.45) is 5.92 Å². The summed E-state index contributed by atoms with van der Waals surface area (Å²) in [6, 6.07) is 16.1. The lowest BCUT2D eigenvalue weighted by atomic mass is 9.97. The monoisotopic (exact) mass is 460 g/mol. The van der Waals surface area contributed by atoms with E-state index in [9.17, 15) is 13.2 Å². The van der Waals surface area contributed by atoms with Gasteiger partial charge in [-0.25, -0.2) is 12.7 Å². The number of nitrogens with one attached hydrogen (secondary N) is 1. The van der Waals surface area contributed by atoms with E-state index in [1.165, 1.54) is 11.1 Å². The molecule has 0 aliphatic carbocycles. The maximum Gasteiger partial charge on any atom is 0.223 e. The lowest BCUT2D eigenvalue weighted by molar-refractivity contribution is -0.125. The highest BCUT2D eigenvalue weighted by atomic mass is 32.2. The number of aryl methyl sites for hydroxylation is 2. The molecule has 2 aromatic carbocycles. The summed E-state index contributed by atoms with van der Waals surface area (Å²) in [4.78, 5) is 12.5. The van der Waals surface area contributed by atoms with Crippen LogP contribution in [0.5, 0.6) is 0 Å². The van der Waals surface area contributed by atoms with Crippen LogP contribution >= 0.6 is 11.8 Å². The number of amides is 1. The Kier molecular flexibility index (Phi) is 8.58. The first-order chi connectivity index (χ1) is 14.8. The molecule has 2 aromatic rings. The van der Waals surface area contributed by atoms with E-state index in [0.717, 1.165) is 22.6 Å². The third-order valence-electron chi connectivity index (χ3n) is 5.71. The van der Waals surface area contributed by atoms with Gasteiger partial charge in [-0.2, -0.15) is 11.8 Å². The molecule has 1 saturated heterocycles. The van der Waals surface area contributed by atoms with Crippen molar-refractivity contribution in [2.75, 3.05) is 25.4 Å². The Balaban J connectivity index is 1.37. The molecule has 5 nitrogen and oxygen atoms in total. The van der Waals surface area contributed by atoms with Crippen molar-refractivity contribution in [1.29, 1.82) is 0 Å². The van der Waals surface area contributed by atoms with Gasteiger partial charge in [0.25, 0.3) is 0 Å². The van der Waals surface area contributed by atoms with E-state index in [0.29, 0.717) is 32.5 Å². The molecular weight excluding hydrogens is 428 g/mol. The maximum absolute atomic E-state index is 12.8. The first-order valence-electron chi connectivity index (χ1n) is 10.8. The average molecular weight is 461 g/mol. The molecule has 31 heavy (non-hydrogen) atoms. The molecule has 0 aromatic heterocycles. The Labute approximate surface area is 190 Å². The molecule has 1 amide bonds. The fourth-order valence-electron chi connectivity index (χ4n) is 3.84.